The second kappa shape index (κ2) is 9.02. The zero-order valence-electron chi connectivity index (χ0n) is 24.9. The van der Waals surface area contributed by atoms with E-state index in [2.05, 4.69) is 105 Å². The van der Waals surface area contributed by atoms with Crippen molar-refractivity contribution in [3.63, 3.8) is 0 Å². The van der Waals surface area contributed by atoms with E-state index in [1.54, 1.807) is 0 Å². The van der Waals surface area contributed by atoms with Gasteiger partial charge in [0.15, 0.2) is 5.58 Å². The minimum absolute atomic E-state index is 0.0146. The number of nitrogens with zero attached hydrogens (tertiary/aromatic N) is 3. The van der Waals surface area contributed by atoms with Gasteiger partial charge in [0.25, 0.3) is 0 Å². The van der Waals surface area contributed by atoms with E-state index in [9.17, 15) is 0 Å². The Hall–Kier alpha value is -4.96. The Morgan fingerprint density at radius 3 is 2.58 bits per heavy atom. The van der Waals surface area contributed by atoms with Gasteiger partial charge in [0.1, 0.15) is 5.76 Å². The van der Waals surface area contributed by atoms with Gasteiger partial charge in [-0.05, 0) is 36.6 Å². The maximum Gasteiger partial charge on any atom is 0.231 e. The zero-order valence-corrected chi connectivity index (χ0v) is 24.9. The molecule has 0 radical (unpaired) electrons. The molecule has 43 heavy (non-hydrogen) atoms. The first-order chi connectivity index (χ1) is 20.8. The molecule has 2 atom stereocenters. The molecule has 3 aliphatic rings. The Morgan fingerprint density at radius 1 is 0.907 bits per heavy atom. The molecule has 0 spiro atoms. The summed E-state index contributed by atoms with van der Waals surface area (Å²) in [5, 5.41) is 2.13. The highest BCUT2D eigenvalue weighted by Crippen LogP contribution is 2.58. The molecule has 0 saturated carbocycles. The van der Waals surface area contributed by atoms with Crippen LogP contribution in [0.15, 0.2) is 120 Å². The number of hydrogen-bond acceptors (Lipinski definition) is 4. The Bertz CT molecular complexity index is 2120. The number of rotatable bonds is 4. The lowest BCUT2D eigenvalue weighted by molar-refractivity contribution is 0.546. The van der Waals surface area contributed by atoms with Gasteiger partial charge in [-0.1, -0.05) is 124 Å². The predicted molar refractivity (Wildman–Crippen MR) is 178 cm³/mol. The average molecular weight is 560 g/mol. The summed E-state index contributed by atoms with van der Waals surface area (Å²) >= 11 is 0. The van der Waals surface area contributed by atoms with Gasteiger partial charge in [-0.15, -0.1) is 0 Å². The van der Waals surface area contributed by atoms with Crippen LogP contribution in [0.2, 0.25) is 0 Å². The van der Waals surface area contributed by atoms with Crippen molar-refractivity contribution in [3.05, 3.63) is 138 Å². The number of allylic oxidation sites excluding steroid dienone is 7. The molecular weight excluding hydrogens is 526 g/mol. The second-order valence-electron chi connectivity index (χ2n) is 12.5. The quantitative estimate of drug-likeness (QED) is 0.206. The van der Waals surface area contributed by atoms with Crippen LogP contribution in [0.25, 0.3) is 38.8 Å². The fraction of sp³-hybridized carbons (Fsp3) is 0.179. The highest BCUT2D eigenvalue weighted by Gasteiger charge is 2.50. The summed E-state index contributed by atoms with van der Waals surface area (Å²) in [5.74, 6) is 1.62. The zero-order chi connectivity index (χ0) is 29.5. The first-order valence-electron chi connectivity index (χ1n) is 15.0. The predicted octanol–water partition coefficient (Wildman–Crippen LogP) is 9.73. The Labute approximate surface area is 252 Å². The standard InChI is InChI=1S/C39H33N3O/c1-6-7-8-15-24(2)33-26-17-10-12-19-30(26)40-37(41-33)42-31-20-13-14-23-39(31,5)29-22-21-27-32-35(43-36(27)34(29)42)25-16-9-11-18-28(25)38(32,3)4/h6-23,31H,2H2,1,3-5H3/b7-6-,15-8-. The minimum Gasteiger partial charge on any atom is -0.454 e. The summed E-state index contributed by atoms with van der Waals surface area (Å²) in [4.78, 5) is 12.7. The molecule has 5 aromatic rings. The molecule has 2 aromatic heterocycles. The van der Waals surface area contributed by atoms with Gasteiger partial charge in [0, 0.05) is 32.7 Å². The van der Waals surface area contributed by atoms with E-state index in [0.29, 0.717) is 5.95 Å². The summed E-state index contributed by atoms with van der Waals surface area (Å²) in [6, 6.07) is 21.4. The van der Waals surface area contributed by atoms with E-state index in [-0.39, 0.29) is 16.9 Å². The molecule has 1 aliphatic heterocycles. The van der Waals surface area contributed by atoms with Crippen molar-refractivity contribution in [1.29, 1.82) is 0 Å². The molecule has 2 aliphatic carbocycles. The van der Waals surface area contributed by atoms with Crippen LogP contribution in [0, 0.1) is 0 Å². The van der Waals surface area contributed by atoms with Crippen LogP contribution in [0.5, 0.6) is 0 Å². The van der Waals surface area contributed by atoms with Crippen molar-refractivity contribution in [3.8, 4) is 11.3 Å². The van der Waals surface area contributed by atoms with Crippen molar-refractivity contribution in [2.45, 2.75) is 44.6 Å². The van der Waals surface area contributed by atoms with Gasteiger partial charge in [-0.2, -0.15) is 0 Å². The van der Waals surface area contributed by atoms with Crippen molar-refractivity contribution in [2.24, 2.45) is 0 Å². The lowest BCUT2D eigenvalue weighted by Crippen LogP contribution is -2.40. The maximum absolute atomic E-state index is 6.97. The van der Waals surface area contributed by atoms with E-state index in [1.165, 1.54) is 22.3 Å². The van der Waals surface area contributed by atoms with Gasteiger partial charge in [0.05, 0.1) is 22.9 Å². The van der Waals surface area contributed by atoms with Gasteiger partial charge < -0.3 is 4.42 Å². The van der Waals surface area contributed by atoms with Crippen LogP contribution in [0.3, 0.4) is 0 Å². The first-order valence-corrected chi connectivity index (χ1v) is 15.0. The van der Waals surface area contributed by atoms with Crippen LogP contribution in [0.4, 0.5) is 11.6 Å². The van der Waals surface area contributed by atoms with E-state index < -0.39 is 0 Å². The normalized spacial score (nSPS) is 21.2. The Balaban J connectivity index is 1.42. The van der Waals surface area contributed by atoms with Crippen LogP contribution in [-0.4, -0.2) is 16.0 Å². The molecule has 0 amide bonds. The number of aromatic nitrogens is 2. The summed E-state index contributed by atoms with van der Waals surface area (Å²) < 4.78 is 6.97. The molecule has 4 heteroatoms. The highest BCUT2D eigenvalue weighted by molar-refractivity contribution is 6.04. The fourth-order valence-corrected chi connectivity index (χ4v) is 7.46. The lowest BCUT2D eigenvalue weighted by Gasteiger charge is -2.33. The molecule has 2 unspecified atom stereocenters. The molecule has 3 aromatic carbocycles. The first kappa shape index (κ1) is 25.7. The number of anilines is 2. The summed E-state index contributed by atoms with van der Waals surface area (Å²) in [7, 11) is 0. The van der Waals surface area contributed by atoms with Crippen molar-refractivity contribution in [2.75, 3.05) is 4.90 Å². The molecular formula is C39H33N3O. The van der Waals surface area contributed by atoms with Crippen LogP contribution in [-0.2, 0) is 10.8 Å². The lowest BCUT2D eigenvalue weighted by atomic mass is 9.75. The Kier molecular flexibility index (Phi) is 5.40. The smallest absolute Gasteiger partial charge is 0.231 e. The van der Waals surface area contributed by atoms with E-state index >= 15 is 0 Å². The van der Waals surface area contributed by atoms with E-state index in [1.807, 2.05) is 43.4 Å². The third-order valence-corrected chi connectivity index (χ3v) is 9.57. The summed E-state index contributed by atoms with van der Waals surface area (Å²) in [6.45, 7) is 13.3. The van der Waals surface area contributed by atoms with Gasteiger partial charge in [0.2, 0.25) is 5.95 Å². The van der Waals surface area contributed by atoms with E-state index in [4.69, 9.17) is 14.4 Å². The molecule has 0 saturated heterocycles. The van der Waals surface area contributed by atoms with Crippen LogP contribution in [0.1, 0.15) is 50.1 Å². The van der Waals surface area contributed by atoms with Gasteiger partial charge in [-0.3, -0.25) is 4.90 Å². The van der Waals surface area contributed by atoms with Crippen molar-refractivity contribution >= 4 is 39.1 Å². The third kappa shape index (κ3) is 3.44. The van der Waals surface area contributed by atoms with Crippen molar-refractivity contribution < 1.29 is 4.42 Å². The summed E-state index contributed by atoms with van der Waals surface area (Å²) in [5.41, 5.74) is 9.00. The SMILES string of the molecule is C=C(/C=C\C=C/C)c1nc(N2c3c(ccc4c5c(oc34)-c3ccccc3C5(C)C)C3(C)C=CC=CC23)nc2ccccc12. The molecule has 8 rings (SSSR count). The van der Waals surface area contributed by atoms with Gasteiger partial charge in [-0.25, -0.2) is 9.97 Å². The van der Waals surface area contributed by atoms with Crippen LogP contribution < -0.4 is 4.90 Å². The molecule has 210 valence electrons. The third-order valence-electron chi connectivity index (χ3n) is 9.57. The van der Waals surface area contributed by atoms with Gasteiger partial charge >= 0.3 is 0 Å². The molecule has 0 N–H and O–H groups in total. The number of para-hydroxylation sites is 1. The largest absolute Gasteiger partial charge is 0.454 e. The second-order valence-corrected chi connectivity index (χ2v) is 12.5. The monoisotopic (exact) mass is 559 g/mol. The molecule has 0 bridgehead atoms. The topological polar surface area (TPSA) is 42.2 Å². The minimum atomic E-state index is -0.277. The van der Waals surface area contributed by atoms with Crippen molar-refractivity contribution in [1.82, 2.24) is 9.97 Å². The maximum atomic E-state index is 6.97. The number of fused-ring (bicyclic) bond motifs is 10. The van der Waals surface area contributed by atoms with E-state index in [0.717, 1.165) is 44.6 Å². The molecule has 0 fully saturated rings. The number of furan rings is 1. The number of hydrogen-bond donors (Lipinski definition) is 0. The Morgan fingerprint density at radius 2 is 1.72 bits per heavy atom. The summed E-state index contributed by atoms with van der Waals surface area (Å²) in [6.07, 6.45) is 16.9. The highest BCUT2D eigenvalue weighted by atomic mass is 16.3. The van der Waals surface area contributed by atoms with Crippen LogP contribution >= 0.6 is 0 Å². The molecule has 4 nitrogen and oxygen atoms in total. The fourth-order valence-electron chi connectivity index (χ4n) is 7.46. The molecule has 3 heterocycles. The number of benzene rings is 3. The average Bonchev–Trinajstić information content (AvgIpc) is 3.61.